The molecule has 0 saturated carbocycles. The van der Waals surface area contributed by atoms with Crippen LogP contribution in [0.2, 0.25) is 0 Å². The fourth-order valence-corrected chi connectivity index (χ4v) is 2.49. The monoisotopic (exact) mass is 327 g/mol. The van der Waals surface area contributed by atoms with Crippen LogP contribution in [0.5, 0.6) is 0 Å². The van der Waals surface area contributed by atoms with Crippen molar-refractivity contribution in [2.24, 2.45) is 5.73 Å². The summed E-state index contributed by atoms with van der Waals surface area (Å²) in [6, 6.07) is 11.2. The lowest BCUT2D eigenvalue weighted by atomic mass is 10.1. The van der Waals surface area contributed by atoms with E-state index in [1.807, 2.05) is 12.1 Å². The third kappa shape index (κ3) is 3.09. The van der Waals surface area contributed by atoms with Crippen molar-refractivity contribution < 1.29 is 8.81 Å². The quantitative estimate of drug-likeness (QED) is 0.495. The minimum absolute atomic E-state index is 0.0684. The summed E-state index contributed by atoms with van der Waals surface area (Å²) in [6.07, 6.45) is 0.877. The molecule has 1 heterocycles. The molecule has 0 bridgehead atoms. The molecule has 5 nitrogen and oxygen atoms in total. The summed E-state index contributed by atoms with van der Waals surface area (Å²) in [7, 11) is 0. The highest BCUT2D eigenvalue weighted by atomic mass is 19.1. The highest BCUT2D eigenvalue weighted by molar-refractivity contribution is 5.90. The molecule has 2 aromatic carbocycles. The number of rotatable bonds is 5. The van der Waals surface area contributed by atoms with Gasteiger partial charge in [0.15, 0.2) is 16.8 Å². The van der Waals surface area contributed by atoms with Crippen molar-refractivity contribution in [3.05, 3.63) is 58.5 Å². The van der Waals surface area contributed by atoms with Gasteiger partial charge in [0.25, 0.3) is 0 Å². The number of nitrogen functional groups attached to an aromatic ring is 1. The summed E-state index contributed by atoms with van der Waals surface area (Å²) >= 11 is 0. The van der Waals surface area contributed by atoms with Gasteiger partial charge in [-0.3, -0.25) is 4.79 Å². The molecular formula is C18H18FN3O2. The third-order valence-electron chi connectivity index (χ3n) is 3.74. The number of fused-ring (bicyclic) bond motifs is 1. The molecule has 0 aliphatic rings. The van der Waals surface area contributed by atoms with Crippen molar-refractivity contribution >= 4 is 22.3 Å². The van der Waals surface area contributed by atoms with Crippen LogP contribution in [-0.4, -0.2) is 13.1 Å². The molecule has 0 aliphatic carbocycles. The van der Waals surface area contributed by atoms with Gasteiger partial charge >= 0.3 is 0 Å². The number of benzene rings is 2. The number of nitrogens with one attached hydrogen (secondary N) is 1. The molecule has 5 N–H and O–H groups in total. The second kappa shape index (κ2) is 6.72. The molecule has 0 spiro atoms. The first-order chi connectivity index (χ1) is 11.6. The van der Waals surface area contributed by atoms with Crippen LogP contribution in [-0.2, 0) is 0 Å². The molecule has 0 amide bonds. The van der Waals surface area contributed by atoms with Crippen molar-refractivity contribution in [1.29, 1.82) is 0 Å². The first kappa shape index (κ1) is 16.0. The SMILES string of the molecule is NCCCNc1ccc(-c2cc(=O)c3c(N)ccc(F)c3o2)cc1. The topological polar surface area (TPSA) is 94.3 Å². The summed E-state index contributed by atoms with van der Waals surface area (Å²) in [4.78, 5) is 12.3. The number of hydrogen-bond donors (Lipinski definition) is 3. The second-order valence-electron chi connectivity index (χ2n) is 5.46. The van der Waals surface area contributed by atoms with Gasteiger partial charge in [0.2, 0.25) is 0 Å². The van der Waals surface area contributed by atoms with Crippen LogP contribution in [0.4, 0.5) is 15.8 Å². The molecule has 0 fully saturated rings. The van der Waals surface area contributed by atoms with E-state index in [0.29, 0.717) is 17.9 Å². The Morgan fingerprint density at radius 2 is 1.88 bits per heavy atom. The molecule has 6 heteroatoms. The molecule has 3 rings (SSSR count). The Hall–Kier alpha value is -2.86. The number of anilines is 2. The van der Waals surface area contributed by atoms with Gasteiger partial charge < -0.3 is 21.2 Å². The summed E-state index contributed by atoms with van der Waals surface area (Å²) in [6.45, 7) is 1.41. The normalized spacial score (nSPS) is 10.9. The maximum Gasteiger partial charge on any atom is 0.195 e. The zero-order chi connectivity index (χ0) is 17.1. The van der Waals surface area contributed by atoms with Crippen molar-refractivity contribution in [1.82, 2.24) is 0 Å². The van der Waals surface area contributed by atoms with Crippen molar-refractivity contribution in [3.63, 3.8) is 0 Å². The van der Waals surface area contributed by atoms with E-state index >= 15 is 0 Å². The average Bonchev–Trinajstić information content (AvgIpc) is 2.59. The smallest absolute Gasteiger partial charge is 0.195 e. The van der Waals surface area contributed by atoms with E-state index in [0.717, 1.165) is 18.7 Å². The Morgan fingerprint density at radius 1 is 1.12 bits per heavy atom. The highest BCUT2D eigenvalue weighted by Gasteiger charge is 2.13. The van der Waals surface area contributed by atoms with Crippen molar-refractivity contribution in [2.75, 3.05) is 24.1 Å². The second-order valence-corrected chi connectivity index (χ2v) is 5.46. The molecular weight excluding hydrogens is 309 g/mol. The van der Waals surface area contributed by atoms with Gasteiger partial charge in [-0.05, 0) is 49.4 Å². The van der Waals surface area contributed by atoms with Crippen LogP contribution in [0.1, 0.15) is 6.42 Å². The van der Waals surface area contributed by atoms with Gasteiger partial charge in [-0.25, -0.2) is 4.39 Å². The predicted molar refractivity (Wildman–Crippen MR) is 94.5 cm³/mol. The largest absolute Gasteiger partial charge is 0.453 e. The molecule has 24 heavy (non-hydrogen) atoms. The Balaban J connectivity index is 1.98. The fourth-order valence-electron chi connectivity index (χ4n) is 2.49. The Bertz CT molecular complexity index is 920. The van der Waals surface area contributed by atoms with Gasteiger partial charge in [-0.1, -0.05) is 0 Å². The lowest BCUT2D eigenvalue weighted by Crippen LogP contribution is -2.08. The van der Waals surface area contributed by atoms with E-state index in [1.165, 1.54) is 18.2 Å². The molecule has 1 aromatic heterocycles. The molecule has 124 valence electrons. The van der Waals surface area contributed by atoms with E-state index in [9.17, 15) is 9.18 Å². The van der Waals surface area contributed by atoms with E-state index in [4.69, 9.17) is 15.9 Å². The molecule has 0 aliphatic heterocycles. The van der Waals surface area contributed by atoms with Crippen LogP contribution >= 0.6 is 0 Å². The lowest BCUT2D eigenvalue weighted by Gasteiger charge is -2.08. The molecule has 0 radical (unpaired) electrons. The van der Waals surface area contributed by atoms with Crippen LogP contribution in [0.25, 0.3) is 22.3 Å². The number of halogens is 1. The molecule has 3 aromatic rings. The van der Waals surface area contributed by atoms with Crippen LogP contribution in [0, 0.1) is 5.82 Å². The highest BCUT2D eigenvalue weighted by Crippen LogP contribution is 2.27. The zero-order valence-corrected chi connectivity index (χ0v) is 13.0. The van der Waals surface area contributed by atoms with E-state index in [1.54, 1.807) is 12.1 Å². The van der Waals surface area contributed by atoms with Gasteiger partial charge in [0, 0.05) is 29.5 Å². The van der Waals surface area contributed by atoms with Crippen molar-refractivity contribution in [2.45, 2.75) is 6.42 Å². The fraction of sp³-hybridized carbons (Fsp3) is 0.167. The van der Waals surface area contributed by atoms with Crippen LogP contribution < -0.4 is 22.2 Å². The maximum atomic E-state index is 14.0. The van der Waals surface area contributed by atoms with Gasteiger partial charge in [0.05, 0.1) is 5.39 Å². The predicted octanol–water partition coefficient (Wildman–Crippen LogP) is 2.94. The summed E-state index contributed by atoms with van der Waals surface area (Å²) < 4.78 is 19.6. The number of nitrogens with two attached hydrogens (primary N) is 2. The third-order valence-corrected chi connectivity index (χ3v) is 3.74. The Kier molecular flexibility index (Phi) is 4.48. The molecule has 0 unspecified atom stereocenters. The number of hydrogen-bond acceptors (Lipinski definition) is 5. The van der Waals surface area contributed by atoms with Gasteiger partial charge in [-0.2, -0.15) is 0 Å². The van der Waals surface area contributed by atoms with E-state index < -0.39 is 5.82 Å². The Labute approximate surface area is 138 Å². The lowest BCUT2D eigenvalue weighted by molar-refractivity contribution is 0.560. The maximum absolute atomic E-state index is 14.0. The minimum atomic E-state index is -0.613. The standard InChI is InChI=1S/C18H18FN3O2/c19-13-6-7-14(21)17-15(23)10-16(24-18(13)17)11-2-4-12(5-3-11)22-9-1-8-20/h2-7,10,22H,1,8-9,20-21H2. The first-order valence-electron chi connectivity index (χ1n) is 7.66. The summed E-state index contributed by atoms with van der Waals surface area (Å²) in [5.74, 6) is -0.316. The zero-order valence-electron chi connectivity index (χ0n) is 13.0. The Morgan fingerprint density at radius 3 is 2.58 bits per heavy atom. The minimum Gasteiger partial charge on any atom is -0.453 e. The van der Waals surface area contributed by atoms with Crippen LogP contribution in [0.15, 0.2) is 51.7 Å². The molecule has 0 saturated heterocycles. The van der Waals surface area contributed by atoms with E-state index in [2.05, 4.69) is 5.32 Å². The molecule has 0 atom stereocenters. The summed E-state index contributed by atoms with van der Waals surface area (Å²) in [5, 5.41) is 3.30. The first-order valence-corrected chi connectivity index (χ1v) is 7.66. The van der Waals surface area contributed by atoms with Crippen LogP contribution in [0.3, 0.4) is 0 Å². The van der Waals surface area contributed by atoms with Gasteiger partial charge in [0.1, 0.15) is 5.76 Å². The van der Waals surface area contributed by atoms with E-state index in [-0.39, 0.29) is 22.1 Å². The average molecular weight is 327 g/mol. The summed E-state index contributed by atoms with van der Waals surface area (Å²) in [5.41, 5.74) is 12.5. The van der Waals surface area contributed by atoms with Gasteiger partial charge in [-0.15, -0.1) is 0 Å². The van der Waals surface area contributed by atoms with Crippen molar-refractivity contribution in [3.8, 4) is 11.3 Å².